The smallest absolute Gasteiger partial charge is 0.320 e. The van der Waals surface area contributed by atoms with Crippen molar-refractivity contribution in [2.24, 2.45) is 5.92 Å². The second-order valence-electron chi connectivity index (χ2n) is 2.90. The Hall–Kier alpha value is -0.280. The Bertz CT molecular complexity index is 152. The van der Waals surface area contributed by atoms with E-state index in [0.29, 0.717) is 12.0 Å². The molecule has 0 aromatic rings. The van der Waals surface area contributed by atoms with Crippen LogP contribution in [0.25, 0.3) is 0 Å². The van der Waals surface area contributed by atoms with Crippen molar-refractivity contribution < 1.29 is 9.90 Å². The lowest BCUT2D eigenvalue weighted by Gasteiger charge is -2.04. The Morgan fingerprint density at radius 3 is 2.50 bits per heavy atom. The molecule has 2 fully saturated rings. The molecule has 3 nitrogen and oxygen atoms in total. The maximum absolute atomic E-state index is 10.3. The second-order valence-corrected chi connectivity index (χ2v) is 2.90. The van der Waals surface area contributed by atoms with Crippen LogP contribution < -0.4 is 5.32 Å². The van der Waals surface area contributed by atoms with Crippen LogP contribution in [0.3, 0.4) is 0 Å². The van der Waals surface area contributed by atoms with Crippen molar-refractivity contribution in [2.45, 2.75) is 24.9 Å². The third kappa shape index (κ3) is 1.11. The minimum absolute atomic E-state index is 0. The van der Waals surface area contributed by atoms with E-state index in [9.17, 15) is 4.79 Å². The topological polar surface area (TPSA) is 49.3 Å². The third-order valence-electron chi connectivity index (χ3n) is 2.17. The van der Waals surface area contributed by atoms with Crippen molar-refractivity contribution in [3.63, 3.8) is 0 Å². The van der Waals surface area contributed by atoms with E-state index in [-0.39, 0.29) is 18.4 Å². The van der Waals surface area contributed by atoms with Crippen molar-refractivity contribution in [2.75, 3.05) is 0 Å². The first-order valence-electron chi connectivity index (χ1n) is 3.26. The molecule has 1 aliphatic carbocycles. The van der Waals surface area contributed by atoms with Crippen LogP contribution in [0.2, 0.25) is 0 Å². The molecule has 1 heterocycles. The zero-order valence-corrected chi connectivity index (χ0v) is 6.23. The van der Waals surface area contributed by atoms with Gasteiger partial charge in [-0.3, -0.25) is 4.79 Å². The van der Waals surface area contributed by atoms with Gasteiger partial charge in [-0.2, -0.15) is 0 Å². The van der Waals surface area contributed by atoms with E-state index >= 15 is 0 Å². The summed E-state index contributed by atoms with van der Waals surface area (Å²) in [6.07, 6.45) is 2.05. The number of aliphatic carboxylic acids is 1. The van der Waals surface area contributed by atoms with Gasteiger partial charge in [0, 0.05) is 6.04 Å². The van der Waals surface area contributed by atoms with E-state index in [1.54, 1.807) is 0 Å². The number of hydrogen-bond acceptors (Lipinski definition) is 2. The number of fused-ring (bicyclic) bond motifs is 1. The van der Waals surface area contributed by atoms with Crippen molar-refractivity contribution in [1.82, 2.24) is 5.32 Å². The summed E-state index contributed by atoms with van der Waals surface area (Å²) in [7, 11) is 0. The van der Waals surface area contributed by atoms with Crippen LogP contribution in [-0.4, -0.2) is 23.2 Å². The van der Waals surface area contributed by atoms with Crippen molar-refractivity contribution >= 4 is 18.4 Å². The first-order valence-corrected chi connectivity index (χ1v) is 3.26. The maximum Gasteiger partial charge on any atom is 0.320 e. The number of carboxylic acids is 1. The van der Waals surface area contributed by atoms with Crippen molar-refractivity contribution in [1.29, 1.82) is 0 Å². The van der Waals surface area contributed by atoms with Crippen molar-refractivity contribution in [3.8, 4) is 0 Å². The lowest BCUT2D eigenvalue weighted by molar-refractivity contribution is -0.139. The van der Waals surface area contributed by atoms with Gasteiger partial charge in [-0.15, -0.1) is 12.4 Å². The molecule has 2 aliphatic rings. The second kappa shape index (κ2) is 2.40. The van der Waals surface area contributed by atoms with Gasteiger partial charge in [0.25, 0.3) is 0 Å². The first kappa shape index (κ1) is 7.82. The molecule has 3 atom stereocenters. The highest BCUT2D eigenvalue weighted by atomic mass is 35.5. The molecule has 1 saturated heterocycles. The monoisotopic (exact) mass is 163 g/mol. The molecular weight excluding hydrogens is 154 g/mol. The molecule has 0 aromatic heterocycles. The Kier molecular flexibility index (Phi) is 1.88. The van der Waals surface area contributed by atoms with Gasteiger partial charge in [0.2, 0.25) is 0 Å². The molecular formula is C6H10ClNO2. The van der Waals surface area contributed by atoms with Gasteiger partial charge in [0.15, 0.2) is 0 Å². The maximum atomic E-state index is 10.3. The molecule has 2 rings (SSSR count). The molecule has 1 saturated carbocycles. The molecule has 1 aliphatic heterocycles. The van der Waals surface area contributed by atoms with E-state index in [0.717, 1.165) is 6.42 Å². The van der Waals surface area contributed by atoms with E-state index in [4.69, 9.17) is 5.11 Å². The largest absolute Gasteiger partial charge is 0.480 e. The highest BCUT2D eigenvalue weighted by Crippen LogP contribution is 2.40. The van der Waals surface area contributed by atoms with E-state index in [2.05, 4.69) is 5.32 Å². The fourth-order valence-corrected chi connectivity index (χ4v) is 1.51. The van der Waals surface area contributed by atoms with Crippen LogP contribution in [0.4, 0.5) is 0 Å². The van der Waals surface area contributed by atoms with Gasteiger partial charge >= 0.3 is 5.97 Å². The molecule has 0 aromatic carbocycles. The number of carbonyl (C=O) groups is 1. The Balaban J connectivity index is 0.000000500. The molecule has 0 radical (unpaired) electrons. The molecule has 2 N–H and O–H groups in total. The van der Waals surface area contributed by atoms with E-state index in [1.807, 2.05) is 0 Å². The Morgan fingerprint density at radius 2 is 2.20 bits per heavy atom. The average Bonchev–Trinajstić information content (AvgIpc) is 2.40. The Morgan fingerprint density at radius 1 is 1.50 bits per heavy atom. The lowest BCUT2D eigenvalue weighted by Crippen LogP contribution is -2.33. The summed E-state index contributed by atoms with van der Waals surface area (Å²) in [4.78, 5) is 10.3. The highest BCUT2D eigenvalue weighted by molar-refractivity contribution is 5.85. The molecule has 58 valence electrons. The first-order chi connectivity index (χ1) is 4.27. The van der Waals surface area contributed by atoms with Crippen LogP contribution >= 0.6 is 12.4 Å². The SMILES string of the molecule is Cl.O=C(O)[C@@H]1C[C@@H]2C[C@@H]2N1. The number of carboxylic acid groups (broad SMARTS) is 1. The lowest BCUT2D eigenvalue weighted by atomic mass is 10.2. The predicted octanol–water partition coefficient (Wildman–Crippen LogP) is 0.243. The molecule has 10 heavy (non-hydrogen) atoms. The fourth-order valence-electron chi connectivity index (χ4n) is 1.51. The fraction of sp³-hybridized carbons (Fsp3) is 0.833. The van der Waals surface area contributed by atoms with Gasteiger partial charge in [-0.25, -0.2) is 0 Å². The summed E-state index contributed by atoms with van der Waals surface area (Å²) in [5.74, 6) is -0.00620. The average molecular weight is 164 g/mol. The molecule has 0 bridgehead atoms. The molecule has 0 unspecified atom stereocenters. The normalized spacial score (nSPS) is 41.8. The molecule has 0 amide bonds. The van der Waals surface area contributed by atoms with E-state index in [1.165, 1.54) is 6.42 Å². The highest BCUT2D eigenvalue weighted by Gasteiger charge is 2.47. The summed E-state index contributed by atoms with van der Waals surface area (Å²) in [5, 5.41) is 11.5. The minimum Gasteiger partial charge on any atom is -0.480 e. The number of rotatable bonds is 1. The molecule has 0 spiro atoms. The van der Waals surface area contributed by atoms with Gasteiger partial charge in [0.1, 0.15) is 6.04 Å². The predicted molar refractivity (Wildman–Crippen MR) is 38.3 cm³/mol. The van der Waals surface area contributed by atoms with Crippen LogP contribution in [-0.2, 0) is 4.79 Å². The summed E-state index contributed by atoms with van der Waals surface area (Å²) in [5.41, 5.74) is 0. The molecule has 4 heteroatoms. The van der Waals surface area contributed by atoms with Crippen LogP contribution in [0.1, 0.15) is 12.8 Å². The van der Waals surface area contributed by atoms with Gasteiger partial charge < -0.3 is 10.4 Å². The quantitative estimate of drug-likeness (QED) is 0.583. The van der Waals surface area contributed by atoms with Crippen LogP contribution in [0, 0.1) is 5.92 Å². The third-order valence-corrected chi connectivity index (χ3v) is 2.17. The summed E-state index contributed by atoms with van der Waals surface area (Å²) in [6.45, 7) is 0. The number of halogens is 1. The minimum atomic E-state index is -0.692. The summed E-state index contributed by atoms with van der Waals surface area (Å²) < 4.78 is 0. The van der Waals surface area contributed by atoms with Crippen molar-refractivity contribution in [3.05, 3.63) is 0 Å². The summed E-state index contributed by atoms with van der Waals surface area (Å²) >= 11 is 0. The number of piperidine rings is 1. The number of hydrogen-bond donors (Lipinski definition) is 2. The summed E-state index contributed by atoms with van der Waals surface area (Å²) in [6, 6.07) is 0.305. The van der Waals surface area contributed by atoms with E-state index < -0.39 is 5.97 Å². The van der Waals surface area contributed by atoms with Gasteiger partial charge in [-0.05, 0) is 18.8 Å². The zero-order valence-electron chi connectivity index (χ0n) is 5.41. The van der Waals surface area contributed by atoms with Gasteiger partial charge in [-0.1, -0.05) is 0 Å². The number of nitrogens with one attached hydrogen (secondary N) is 1. The zero-order chi connectivity index (χ0) is 6.43. The Labute approximate surface area is 65.2 Å². The van der Waals surface area contributed by atoms with Crippen LogP contribution in [0.15, 0.2) is 0 Å². The van der Waals surface area contributed by atoms with Gasteiger partial charge in [0.05, 0.1) is 0 Å². The van der Waals surface area contributed by atoms with Crippen LogP contribution in [0.5, 0.6) is 0 Å². The standard InChI is InChI=1S/C6H9NO2.ClH/c8-6(9)5-2-3-1-4(3)7-5;/h3-5,7H,1-2H2,(H,8,9);1H/t3-,4-,5-;/m0./s1.